The normalized spacial score (nSPS) is 16.6. The molecule has 1 fully saturated rings. The summed E-state index contributed by atoms with van der Waals surface area (Å²) >= 11 is 0. The van der Waals surface area contributed by atoms with Crippen molar-refractivity contribution < 1.29 is 4.42 Å². The number of benzene rings is 1. The third-order valence-corrected chi connectivity index (χ3v) is 3.38. The second kappa shape index (κ2) is 4.41. The summed E-state index contributed by atoms with van der Waals surface area (Å²) in [6, 6.07) is 8.57. The Hall–Kier alpha value is -1.48. The number of anilines is 1. The predicted molar refractivity (Wildman–Crippen MR) is 70.7 cm³/mol. The smallest absolute Gasteiger partial charge is 0.157 e. The molecule has 3 heteroatoms. The van der Waals surface area contributed by atoms with Gasteiger partial charge < -0.3 is 14.6 Å². The Bertz CT molecular complexity index is 512. The molecule has 0 bridgehead atoms. The fourth-order valence-corrected chi connectivity index (χ4v) is 2.43. The minimum atomic E-state index is 0.954. The summed E-state index contributed by atoms with van der Waals surface area (Å²) < 4.78 is 5.94. The number of para-hydroxylation sites is 1. The molecule has 1 aliphatic rings. The van der Waals surface area contributed by atoms with Crippen LogP contribution < -0.4 is 10.2 Å². The average Bonchev–Trinajstić information content (AvgIpc) is 2.82. The summed E-state index contributed by atoms with van der Waals surface area (Å²) in [4.78, 5) is 2.40. The summed E-state index contributed by atoms with van der Waals surface area (Å²) in [6.07, 6.45) is 0.954. The van der Waals surface area contributed by atoms with Crippen LogP contribution in [0.15, 0.2) is 28.7 Å². The highest BCUT2D eigenvalue weighted by Gasteiger charge is 2.15. The summed E-state index contributed by atoms with van der Waals surface area (Å²) in [5.41, 5.74) is 2.29. The summed E-state index contributed by atoms with van der Waals surface area (Å²) in [7, 11) is 0. The van der Waals surface area contributed by atoms with Crippen molar-refractivity contribution in [3.8, 4) is 0 Å². The van der Waals surface area contributed by atoms with Crippen molar-refractivity contribution in [3.05, 3.63) is 30.0 Å². The van der Waals surface area contributed by atoms with E-state index < -0.39 is 0 Å². The standard InChI is InChI=1S/C14H18N2O/c1-2-12-10-11-4-3-5-13(14(11)17-12)16-8-6-15-7-9-16/h3-5,10,15H,2,6-9H2,1H3. The van der Waals surface area contributed by atoms with Crippen LogP contribution >= 0.6 is 0 Å². The van der Waals surface area contributed by atoms with Gasteiger partial charge in [0.1, 0.15) is 5.76 Å². The monoisotopic (exact) mass is 230 g/mol. The Morgan fingerprint density at radius 1 is 1.29 bits per heavy atom. The Morgan fingerprint density at radius 2 is 2.12 bits per heavy atom. The van der Waals surface area contributed by atoms with Crippen molar-refractivity contribution >= 4 is 16.7 Å². The van der Waals surface area contributed by atoms with Gasteiger partial charge in [0.05, 0.1) is 5.69 Å². The molecule has 1 saturated heterocycles. The highest BCUT2D eigenvalue weighted by atomic mass is 16.3. The average molecular weight is 230 g/mol. The fourth-order valence-electron chi connectivity index (χ4n) is 2.43. The van der Waals surface area contributed by atoms with Crippen molar-refractivity contribution in [2.24, 2.45) is 0 Å². The van der Waals surface area contributed by atoms with Crippen LogP contribution in [0.4, 0.5) is 5.69 Å². The van der Waals surface area contributed by atoms with Gasteiger partial charge in [0.15, 0.2) is 5.58 Å². The third kappa shape index (κ3) is 1.91. The van der Waals surface area contributed by atoms with Crippen molar-refractivity contribution in [1.82, 2.24) is 5.32 Å². The SMILES string of the molecule is CCc1cc2cccc(N3CCNCC3)c2o1. The van der Waals surface area contributed by atoms with Gasteiger partial charge in [0, 0.05) is 38.0 Å². The number of fused-ring (bicyclic) bond motifs is 1. The second-order valence-corrected chi connectivity index (χ2v) is 4.50. The van der Waals surface area contributed by atoms with Crippen molar-refractivity contribution in [2.75, 3.05) is 31.1 Å². The molecular formula is C14H18N2O. The highest BCUT2D eigenvalue weighted by Crippen LogP contribution is 2.30. The van der Waals surface area contributed by atoms with Gasteiger partial charge >= 0.3 is 0 Å². The van der Waals surface area contributed by atoms with Crippen LogP contribution in [-0.2, 0) is 6.42 Å². The quantitative estimate of drug-likeness (QED) is 0.858. The molecule has 1 aromatic carbocycles. The molecule has 0 saturated carbocycles. The van der Waals surface area contributed by atoms with Crippen LogP contribution in [-0.4, -0.2) is 26.2 Å². The van der Waals surface area contributed by atoms with E-state index in [9.17, 15) is 0 Å². The molecule has 0 unspecified atom stereocenters. The summed E-state index contributed by atoms with van der Waals surface area (Å²) in [6.45, 7) is 6.35. The van der Waals surface area contributed by atoms with E-state index in [1.165, 1.54) is 11.1 Å². The van der Waals surface area contributed by atoms with Gasteiger partial charge in [-0.2, -0.15) is 0 Å². The molecule has 90 valence electrons. The molecule has 17 heavy (non-hydrogen) atoms. The number of hydrogen-bond acceptors (Lipinski definition) is 3. The zero-order valence-corrected chi connectivity index (χ0v) is 10.2. The first-order valence-electron chi connectivity index (χ1n) is 6.35. The number of piperazine rings is 1. The Morgan fingerprint density at radius 3 is 2.88 bits per heavy atom. The van der Waals surface area contributed by atoms with E-state index in [1.54, 1.807) is 0 Å². The van der Waals surface area contributed by atoms with Gasteiger partial charge in [-0.3, -0.25) is 0 Å². The van der Waals surface area contributed by atoms with Crippen molar-refractivity contribution in [1.29, 1.82) is 0 Å². The van der Waals surface area contributed by atoms with Gasteiger partial charge in [-0.15, -0.1) is 0 Å². The lowest BCUT2D eigenvalue weighted by molar-refractivity contribution is 0.549. The topological polar surface area (TPSA) is 28.4 Å². The number of hydrogen-bond donors (Lipinski definition) is 1. The van der Waals surface area contributed by atoms with Crippen LogP contribution in [0, 0.1) is 0 Å². The van der Waals surface area contributed by atoms with Crippen LogP contribution in [0.2, 0.25) is 0 Å². The van der Waals surface area contributed by atoms with E-state index >= 15 is 0 Å². The fraction of sp³-hybridized carbons (Fsp3) is 0.429. The van der Waals surface area contributed by atoms with E-state index in [0.717, 1.165) is 43.9 Å². The van der Waals surface area contributed by atoms with Gasteiger partial charge in [0.2, 0.25) is 0 Å². The largest absolute Gasteiger partial charge is 0.459 e. The van der Waals surface area contributed by atoms with E-state index in [2.05, 4.69) is 41.4 Å². The molecule has 0 spiro atoms. The minimum Gasteiger partial charge on any atom is -0.459 e. The van der Waals surface area contributed by atoms with Crippen LogP contribution in [0.5, 0.6) is 0 Å². The zero-order valence-electron chi connectivity index (χ0n) is 10.2. The third-order valence-electron chi connectivity index (χ3n) is 3.38. The minimum absolute atomic E-state index is 0.954. The molecule has 0 atom stereocenters. The maximum atomic E-state index is 5.94. The van der Waals surface area contributed by atoms with Crippen LogP contribution in [0.1, 0.15) is 12.7 Å². The second-order valence-electron chi connectivity index (χ2n) is 4.50. The first-order chi connectivity index (χ1) is 8.38. The number of aryl methyl sites for hydroxylation is 1. The maximum Gasteiger partial charge on any atom is 0.157 e. The van der Waals surface area contributed by atoms with Gasteiger partial charge in [-0.05, 0) is 12.1 Å². The molecule has 0 aliphatic carbocycles. The first kappa shape index (κ1) is 10.7. The van der Waals surface area contributed by atoms with E-state index in [4.69, 9.17) is 4.42 Å². The van der Waals surface area contributed by atoms with E-state index in [1.807, 2.05) is 0 Å². The first-order valence-corrected chi connectivity index (χ1v) is 6.35. The molecule has 3 nitrogen and oxygen atoms in total. The molecule has 1 N–H and O–H groups in total. The van der Waals surface area contributed by atoms with Crippen LogP contribution in [0.25, 0.3) is 11.0 Å². The molecular weight excluding hydrogens is 212 g/mol. The van der Waals surface area contributed by atoms with Crippen molar-refractivity contribution in [2.45, 2.75) is 13.3 Å². The molecule has 2 heterocycles. The molecule has 3 rings (SSSR count). The lowest BCUT2D eigenvalue weighted by Gasteiger charge is -2.29. The zero-order chi connectivity index (χ0) is 11.7. The molecule has 1 aliphatic heterocycles. The highest BCUT2D eigenvalue weighted by molar-refractivity contribution is 5.90. The van der Waals surface area contributed by atoms with E-state index in [-0.39, 0.29) is 0 Å². The number of furan rings is 1. The predicted octanol–water partition coefficient (Wildman–Crippen LogP) is 2.40. The molecule has 2 aromatic rings. The van der Waals surface area contributed by atoms with E-state index in [0.29, 0.717) is 0 Å². The van der Waals surface area contributed by atoms with Crippen LogP contribution in [0.3, 0.4) is 0 Å². The Balaban J connectivity index is 2.05. The lowest BCUT2D eigenvalue weighted by atomic mass is 10.2. The van der Waals surface area contributed by atoms with Gasteiger partial charge in [-0.1, -0.05) is 19.1 Å². The number of nitrogens with one attached hydrogen (secondary N) is 1. The summed E-state index contributed by atoms with van der Waals surface area (Å²) in [5, 5.41) is 4.60. The van der Waals surface area contributed by atoms with Gasteiger partial charge in [-0.25, -0.2) is 0 Å². The lowest BCUT2D eigenvalue weighted by Crippen LogP contribution is -2.43. The molecule has 0 amide bonds. The Kier molecular flexibility index (Phi) is 2.77. The molecule has 1 aromatic heterocycles. The maximum absolute atomic E-state index is 5.94. The Labute approximate surface area is 101 Å². The number of rotatable bonds is 2. The van der Waals surface area contributed by atoms with Gasteiger partial charge in [0.25, 0.3) is 0 Å². The number of nitrogens with zero attached hydrogens (tertiary/aromatic N) is 1. The van der Waals surface area contributed by atoms with Crippen molar-refractivity contribution in [3.63, 3.8) is 0 Å². The molecule has 0 radical (unpaired) electrons. The summed E-state index contributed by atoms with van der Waals surface area (Å²) in [5.74, 6) is 1.07.